The van der Waals surface area contributed by atoms with E-state index in [1.165, 1.54) is 3.57 Å². The lowest BCUT2D eigenvalue weighted by Gasteiger charge is -2.22. The van der Waals surface area contributed by atoms with Gasteiger partial charge in [0.25, 0.3) is 0 Å². The smallest absolute Gasteiger partial charge is 0.136 e. The highest BCUT2D eigenvalue weighted by molar-refractivity contribution is 14.1. The topological polar surface area (TPSA) is 26.3 Å². The Balaban J connectivity index is 1.96. The van der Waals surface area contributed by atoms with Gasteiger partial charge in [0.2, 0.25) is 0 Å². The van der Waals surface area contributed by atoms with Crippen LogP contribution in [0.1, 0.15) is 25.7 Å². The molecule has 0 spiro atoms. The van der Waals surface area contributed by atoms with Crippen molar-refractivity contribution in [3.8, 4) is 5.75 Å². The van der Waals surface area contributed by atoms with Crippen molar-refractivity contribution >= 4 is 28.4 Å². The fourth-order valence-corrected chi connectivity index (χ4v) is 2.15. The normalized spacial score (nSPS) is 21.4. The van der Waals surface area contributed by atoms with E-state index >= 15 is 0 Å². The van der Waals surface area contributed by atoms with E-state index in [1.807, 2.05) is 24.3 Å². The van der Waals surface area contributed by atoms with E-state index in [0.29, 0.717) is 12.2 Å². The lowest BCUT2D eigenvalue weighted by molar-refractivity contribution is -0.122. The van der Waals surface area contributed by atoms with Crippen LogP contribution in [0.3, 0.4) is 0 Å². The Morgan fingerprint density at radius 1 is 1.27 bits per heavy atom. The van der Waals surface area contributed by atoms with Gasteiger partial charge in [-0.15, -0.1) is 0 Å². The van der Waals surface area contributed by atoms with Crippen molar-refractivity contribution in [1.82, 2.24) is 0 Å². The minimum Gasteiger partial charge on any atom is -0.490 e. The van der Waals surface area contributed by atoms with Crippen LogP contribution in [0.2, 0.25) is 0 Å². The first-order valence-corrected chi connectivity index (χ1v) is 6.26. The van der Waals surface area contributed by atoms with Crippen molar-refractivity contribution in [3.63, 3.8) is 0 Å². The number of ether oxygens (including phenoxy) is 1. The van der Waals surface area contributed by atoms with Crippen molar-refractivity contribution in [2.75, 3.05) is 0 Å². The van der Waals surface area contributed by atoms with E-state index in [1.54, 1.807) is 0 Å². The Bertz CT molecular complexity index is 345. The first-order chi connectivity index (χ1) is 7.24. The van der Waals surface area contributed by atoms with Crippen molar-refractivity contribution in [2.45, 2.75) is 31.8 Å². The molecule has 15 heavy (non-hydrogen) atoms. The molecule has 0 aliphatic heterocycles. The highest BCUT2D eigenvalue weighted by Crippen LogP contribution is 2.22. The van der Waals surface area contributed by atoms with Crippen LogP contribution in [0.5, 0.6) is 5.75 Å². The number of hydrogen-bond acceptors (Lipinski definition) is 2. The second kappa shape index (κ2) is 4.96. The predicted octanol–water partition coefficient (Wildman–Crippen LogP) is 3.18. The molecule has 1 unspecified atom stereocenters. The Hall–Kier alpha value is -0.580. The van der Waals surface area contributed by atoms with E-state index in [-0.39, 0.29) is 6.10 Å². The van der Waals surface area contributed by atoms with E-state index in [9.17, 15) is 4.79 Å². The first-order valence-electron chi connectivity index (χ1n) is 5.18. The van der Waals surface area contributed by atoms with Crippen molar-refractivity contribution < 1.29 is 9.53 Å². The Morgan fingerprint density at radius 3 is 2.67 bits per heavy atom. The SMILES string of the molecule is O=C1CCCC(Oc2ccc(I)cc2)C1. The van der Waals surface area contributed by atoms with Crippen LogP contribution < -0.4 is 4.74 Å². The summed E-state index contributed by atoms with van der Waals surface area (Å²) in [5.41, 5.74) is 0. The maximum atomic E-state index is 11.2. The molecule has 1 aliphatic carbocycles. The van der Waals surface area contributed by atoms with Crippen LogP contribution in [-0.4, -0.2) is 11.9 Å². The second-order valence-corrected chi connectivity index (χ2v) is 5.07. The number of hydrogen-bond donors (Lipinski definition) is 0. The number of carbonyl (C=O) groups excluding carboxylic acids is 1. The average molecular weight is 316 g/mol. The molecule has 0 aromatic heterocycles. The molecular weight excluding hydrogens is 303 g/mol. The molecule has 2 rings (SSSR count). The summed E-state index contributed by atoms with van der Waals surface area (Å²) in [4.78, 5) is 11.2. The largest absolute Gasteiger partial charge is 0.490 e. The molecule has 2 nitrogen and oxygen atoms in total. The van der Waals surface area contributed by atoms with Gasteiger partial charge in [0, 0.05) is 16.4 Å². The van der Waals surface area contributed by atoms with Crippen LogP contribution in [-0.2, 0) is 4.79 Å². The molecule has 1 aliphatic rings. The molecule has 1 aromatic rings. The molecule has 0 saturated heterocycles. The predicted molar refractivity (Wildman–Crippen MR) is 67.1 cm³/mol. The molecule has 0 heterocycles. The molecule has 0 N–H and O–H groups in total. The molecule has 3 heteroatoms. The molecule has 1 fully saturated rings. The molecule has 0 bridgehead atoms. The second-order valence-electron chi connectivity index (χ2n) is 3.83. The van der Waals surface area contributed by atoms with Gasteiger partial charge in [-0.05, 0) is 59.7 Å². The third-order valence-electron chi connectivity index (χ3n) is 2.55. The fraction of sp³-hybridized carbons (Fsp3) is 0.417. The number of rotatable bonds is 2. The summed E-state index contributed by atoms with van der Waals surface area (Å²) in [5, 5.41) is 0. The molecule has 1 saturated carbocycles. The number of halogens is 1. The average Bonchev–Trinajstić information content (AvgIpc) is 2.22. The van der Waals surface area contributed by atoms with Crippen LogP contribution in [0.4, 0.5) is 0 Å². The molecule has 0 radical (unpaired) electrons. The molecule has 1 atom stereocenters. The van der Waals surface area contributed by atoms with Crippen LogP contribution in [0.15, 0.2) is 24.3 Å². The summed E-state index contributed by atoms with van der Waals surface area (Å²) in [7, 11) is 0. The monoisotopic (exact) mass is 316 g/mol. The van der Waals surface area contributed by atoms with E-state index < -0.39 is 0 Å². The molecule has 0 amide bonds. The van der Waals surface area contributed by atoms with Crippen LogP contribution in [0, 0.1) is 3.57 Å². The number of Topliss-reactive ketones (excluding diaryl/α,β-unsaturated/α-hetero) is 1. The van der Waals surface area contributed by atoms with Crippen LogP contribution >= 0.6 is 22.6 Å². The summed E-state index contributed by atoms with van der Waals surface area (Å²) in [5.74, 6) is 1.20. The third-order valence-corrected chi connectivity index (χ3v) is 3.27. The van der Waals surface area contributed by atoms with Gasteiger partial charge < -0.3 is 4.74 Å². The lowest BCUT2D eigenvalue weighted by atomic mass is 9.96. The minimum atomic E-state index is 0.0892. The zero-order valence-corrected chi connectivity index (χ0v) is 10.6. The van der Waals surface area contributed by atoms with E-state index in [0.717, 1.165) is 25.0 Å². The summed E-state index contributed by atoms with van der Waals surface area (Å²) >= 11 is 2.26. The van der Waals surface area contributed by atoms with Gasteiger partial charge in [-0.2, -0.15) is 0 Å². The van der Waals surface area contributed by atoms with Gasteiger partial charge in [-0.1, -0.05) is 0 Å². The van der Waals surface area contributed by atoms with E-state index in [4.69, 9.17) is 4.74 Å². The third kappa shape index (κ3) is 3.19. The van der Waals surface area contributed by atoms with Gasteiger partial charge in [-0.25, -0.2) is 0 Å². The molecule has 1 aromatic carbocycles. The standard InChI is InChI=1S/C12H13IO2/c13-9-4-6-11(7-5-9)15-12-3-1-2-10(14)8-12/h4-7,12H,1-3,8H2. The number of ketones is 1. The molecular formula is C12H13IO2. The van der Waals surface area contributed by atoms with Gasteiger partial charge in [0.05, 0.1) is 0 Å². The quantitative estimate of drug-likeness (QED) is 0.784. The Labute approximate surface area is 103 Å². The summed E-state index contributed by atoms with van der Waals surface area (Å²) < 4.78 is 6.95. The van der Waals surface area contributed by atoms with E-state index in [2.05, 4.69) is 22.6 Å². The van der Waals surface area contributed by atoms with Crippen LogP contribution in [0.25, 0.3) is 0 Å². The van der Waals surface area contributed by atoms with Crippen molar-refractivity contribution in [1.29, 1.82) is 0 Å². The highest BCUT2D eigenvalue weighted by Gasteiger charge is 2.20. The first kappa shape index (κ1) is 10.9. The maximum absolute atomic E-state index is 11.2. The lowest BCUT2D eigenvalue weighted by Crippen LogP contribution is -2.25. The zero-order valence-electron chi connectivity index (χ0n) is 8.41. The van der Waals surface area contributed by atoms with Gasteiger partial charge in [0.1, 0.15) is 17.6 Å². The van der Waals surface area contributed by atoms with Gasteiger partial charge in [0.15, 0.2) is 0 Å². The molecule has 80 valence electrons. The van der Waals surface area contributed by atoms with Crippen molar-refractivity contribution in [2.24, 2.45) is 0 Å². The summed E-state index contributed by atoms with van der Waals surface area (Å²) in [6.45, 7) is 0. The van der Waals surface area contributed by atoms with Gasteiger partial charge in [-0.3, -0.25) is 4.79 Å². The number of benzene rings is 1. The Morgan fingerprint density at radius 2 is 2.00 bits per heavy atom. The highest BCUT2D eigenvalue weighted by atomic mass is 127. The van der Waals surface area contributed by atoms with Crippen molar-refractivity contribution in [3.05, 3.63) is 27.8 Å². The Kier molecular flexibility index (Phi) is 3.61. The fourth-order valence-electron chi connectivity index (χ4n) is 1.79. The zero-order chi connectivity index (χ0) is 10.7. The number of carbonyl (C=O) groups is 1. The summed E-state index contributed by atoms with van der Waals surface area (Å²) in [6, 6.07) is 7.95. The minimum absolute atomic E-state index is 0.0892. The maximum Gasteiger partial charge on any atom is 0.136 e. The van der Waals surface area contributed by atoms with Gasteiger partial charge >= 0.3 is 0 Å². The summed E-state index contributed by atoms with van der Waals surface area (Å²) in [6.07, 6.45) is 3.36.